The Morgan fingerprint density at radius 3 is 2.58 bits per heavy atom. The van der Waals surface area contributed by atoms with Crippen LogP contribution in [0.5, 0.6) is 0 Å². The lowest BCUT2D eigenvalue weighted by Crippen LogP contribution is -2.38. The first-order valence-corrected chi connectivity index (χ1v) is 9.12. The molecule has 19 heavy (non-hydrogen) atoms. The molecule has 0 saturated carbocycles. The van der Waals surface area contributed by atoms with Crippen LogP contribution in [0.3, 0.4) is 0 Å². The van der Waals surface area contributed by atoms with Crippen molar-refractivity contribution in [1.82, 2.24) is 4.31 Å². The second kappa shape index (κ2) is 6.35. The summed E-state index contributed by atoms with van der Waals surface area (Å²) in [4.78, 5) is 1.12. The predicted octanol–water partition coefficient (Wildman–Crippen LogP) is 2.06. The lowest BCUT2D eigenvalue weighted by atomic mass is 9.95. The van der Waals surface area contributed by atoms with Crippen LogP contribution in [-0.4, -0.2) is 32.4 Å². The fraction of sp³-hybridized carbons (Fsp3) is 0.692. The van der Waals surface area contributed by atoms with Crippen LogP contribution in [0.25, 0.3) is 0 Å². The Bertz CT molecular complexity index is 502. The first kappa shape index (κ1) is 15.0. The van der Waals surface area contributed by atoms with E-state index in [0.29, 0.717) is 29.8 Å². The largest absolute Gasteiger partial charge is 0.330 e. The van der Waals surface area contributed by atoms with Crippen LogP contribution in [0.2, 0.25) is 0 Å². The molecule has 1 fully saturated rings. The summed E-state index contributed by atoms with van der Waals surface area (Å²) in [6, 6.07) is 3.66. The minimum absolute atomic E-state index is 0.488. The molecule has 1 aliphatic heterocycles. The van der Waals surface area contributed by atoms with E-state index in [-0.39, 0.29) is 0 Å². The number of aryl methyl sites for hydroxylation is 1. The van der Waals surface area contributed by atoms with Crippen LogP contribution >= 0.6 is 11.3 Å². The molecule has 1 aromatic heterocycles. The smallest absolute Gasteiger partial charge is 0.252 e. The summed E-state index contributed by atoms with van der Waals surface area (Å²) < 4.78 is 27.1. The maximum absolute atomic E-state index is 12.5. The second-order valence-corrected chi connectivity index (χ2v) is 8.33. The third-order valence-electron chi connectivity index (χ3n) is 3.73. The van der Waals surface area contributed by atoms with Crippen molar-refractivity contribution >= 4 is 21.4 Å². The standard InChI is InChI=1S/C13H22N2O2S2/c1-2-12-3-4-13(18-12)19(16,17)15-9-6-11(5-8-14)7-10-15/h3-4,11H,2,5-10,14H2,1H3. The van der Waals surface area contributed by atoms with E-state index in [1.807, 2.05) is 13.0 Å². The van der Waals surface area contributed by atoms with Crippen LogP contribution in [0.4, 0.5) is 0 Å². The lowest BCUT2D eigenvalue weighted by molar-refractivity contribution is 0.266. The van der Waals surface area contributed by atoms with Gasteiger partial charge in [0.2, 0.25) is 0 Å². The SMILES string of the molecule is CCc1ccc(S(=O)(=O)N2CCC(CCN)CC2)s1. The lowest BCUT2D eigenvalue weighted by Gasteiger charge is -2.30. The summed E-state index contributed by atoms with van der Waals surface area (Å²) in [5.74, 6) is 0.589. The Hall–Kier alpha value is -0.430. The normalized spacial score (nSPS) is 18.8. The maximum Gasteiger partial charge on any atom is 0.252 e. The second-order valence-electron chi connectivity index (χ2n) is 5.00. The molecule has 2 rings (SSSR count). The van der Waals surface area contributed by atoms with E-state index in [2.05, 4.69) is 0 Å². The van der Waals surface area contributed by atoms with Gasteiger partial charge in [0, 0.05) is 18.0 Å². The van der Waals surface area contributed by atoms with E-state index >= 15 is 0 Å². The maximum atomic E-state index is 12.5. The zero-order chi connectivity index (χ0) is 13.9. The predicted molar refractivity (Wildman–Crippen MR) is 78.9 cm³/mol. The van der Waals surface area contributed by atoms with Gasteiger partial charge in [-0.1, -0.05) is 6.92 Å². The minimum atomic E-state index is -3.27. The minimum Gasteiger partial charge on any atom is -0.330 e. The Kier molecular flexibility index (Phi) is 5.00. The average Bonchev–Trinajstić information content (AvgIpc) is 2.89. The zero-order valence-electron chi connectivity index (χ0n) is 11.3. The molecule has 2 N–H and O–H groups in total. The van der Waals surface area contributed by atoms with E-state index in [0.717, 1.165) is 30.6 Å². The summed E-state index contributed by atoms with van der Waals surface area (Å²) in [6.45, 7) is 4.00. The third-order valence-corrected chi connectivity index (χ3v) is 7.32. The van der Waals surface area contributed by atoms with Gasteiger partial charge in [-0.15, -0.1) is 11.3 Å². The van der Waals surface area contributed by atoms with E-state index in [1.165, 1.54) is 11.3 Å². The van der Waals surface area contributed by atoms with Crippen LogP contribution in [0.15, 0.2) is 16.3 Å². The summed E-state index contributed by atoms with van der Waals surface area (Å²) >= 11 is 1.39. The monoisotopic (exact) mass is 302 g/mol. The molecule has 1 aromatic rings. The Labute approximate surface area is 119 Å². The number of hydrogen-bond acceptors (Lipinski definition) is 4. The van der Waals surface area contributed by atoms with Gasteiger partial charge in [0.25, 0.3) is 10.0 Å². The molecule has 0 spiro atoms. The van der Waals surface area contributed by atoms with Crippen molar-refractivity contribution in [1.29, 1.82) is 0 Å². The van der Waals surface area contributed by atoms with Gasteiger partial charge in [-0.3, -0.25) is 0 Å². The molecule has 0 amide bonds. The van der Waals surface area contributed by atoms with E-state index in [9.17, 15) is 8.42 Å². The summed E-state index contributed by atoms with van der Waals surface area (Å²) in [5.41, 5.74) is 5.56. The molecule has 0 aliphatic carbocycles. The number of piperidine rings is 1. The molecule has 2 heterocycles. The van der Waals surface area contributed by atoms with Gasteiger partial charge in [0.05, 0.1) is 0 Å². The van der Waals surface area contributed by atoms with Crippen LogP contribution in [0.1, 0.15) is 31.1 Å². The zero-order valence-corrected chi connectivity index (χ0v) is 13.0. The summed E-state index contributed by atoms with van der Waals surface area (Å²) in [5, 5.41) is 0. The molecule has 108 valence electrons. The van der Waals surface area contributed by atoms with Gasteiger partial charge < -0.3 is 5.73 Å². The quantitative estimate of drug-likeness (QED) is 0.905. The first-order chi connectivity index (χ1) is 9.07. The molecule has 0 radical (unpaired) electrons. The third kappa shape index (κ3) is 3.37. The topological polar surface area (TPSA) is 63.4 Å². The molecule has 1 aliphatic rings. The van der Waals surface area contributed by atoms with Gasteiger partial charge in [-0.25, -0.2) is 8.42 Å². The molecular formula is C13H22N2O2S2. The van der Waals surface area contributed by atoms with Crippen molar-refractivity contribution in [2.24, 2.45) is 11.7 Å². The highest BCUT2D eigenvalue weighted by Crippen LogP contribution is 2.29. The molecule has 0 unspecified atom stereocenters. The number of nitrogens with zero attached hydrogens (tertiary/aromatic N) is 1. The summed E-state index contributed by atoms with van der Waals surface area (Å²) in [7, 11) is -3.27. The van der Waals surface area contributed by atoms with Crippen LogP contribution in [0, 0.1) is 5.92 Å². The number of nitrogens with two attached hydrogens (primary N) is 1. The van der Waals surface area contributed by atoms with E-state index in [1.54, 1.807) is 10.4 Å². The summed E-state index contributed by atoms with van der Waals surface area (Å²) in [6.07, 6.45) is 3.76. The van der Waals surface area contributed by atoms with Crippen molar-refractivity contribution in [2.45, 2.75) is 36.8 Å². The van der Waals surface area contributed by atoms with Gasteiger partial charge in [-0.2, -0.15) is 4.31 Å². The van der Waals surface area contributed by atoms with Crippen LogP contribution < -0.4 is 5.73 Å². The van der Waals surface area contributed by atoms with E-state index in [4.69, 9.17) is 5.73 Å². The average molecular weight is 302 g/mol. The molecular weight excluding hydrogens is 280 g/mol. The van der Waals surface area contributed by atoms with Crippen molar-refractivity contribution in [2.75, 3.05) is 19.6 Å². The van der Waals surface area contributed by atoms with Gasteiger partial charge in [0.15, 0.2) is 0 Å². The van der Waals surface area contributed by atoms with Gasteiger partial charge >= 0.3 is 0 Å². The number of hydrogen-bond donors (Lipinski definition) is 1. The highest BCUT2D eigenvalue weighted by Gasteiger charge is 2.30. The van der Waals surface area contributed by atoms with Crippen molar-refractivity contribution in [3.63, 3.8) is 0 Å². The highest BCUT2D eigenvalue weighted by molar-refractivity contribution is 7.91. The highest BCUT2D eigenvalue weighted by atomic mass is 32.2. The van der Waals surface area contributed by atoms with Crippen molar-refractivity contribution in [3.05, 3.63) is 17.0 Å². The van der Waals surface area contributed by atoms with Gasteiger partial charge in [0.1, 0.15) is 4.21 Å². The number of sulfonamides is 1. The fourth-order valence-electron chi connectivity index (χ4n) is 2.49. The van der Waals surface area contributed by atoms with Crippen molar-refractivity contribution in [3.8, 4) is 0 Å². The molecule has 0 atom stereocenters. The fourth-order valence-corrected chi connectivity index (χ4v) is 5.41. The Morgan fingerprint density at radius 1 is 1.37 bits per heavy atom. The Morgan fingerprint density at radius 2 is 2.05 bits per heavy atom. The Balaban J connectivity index is 2.05. The molecule has 6 heteroatoms. The molecule has 4 nitrogen and oxygen atoms in total. The molecule has 0 aromatic carbocycles. The molecule has 1 saturated heterocycles. The van der Waals surface area contributed by atoms with Crippen molar-refractivity contribution < 1.29 is 8.42 Å². The molecule has 0 bridgehead atoms. The van der Waals surface area contributed by atoms with Crippen LogP contribution in [-0.2, 0) is 16.4 Å². The number of rotatable bonds is 5. The van der Waals surface area contributed by atoms with E-state index < -0.39 is 10.0 Å². The van der Waals surface area contributed by atoms with Gasteiger partial charge in [-0.05, 0) is 50.3 Å². The first-order valence-electron chi connectivity index (χ1n) is 6.87. The number of thiophene rings is 1.